The van der Waals surface area contributed by atoms with Gasteiger partial charge in [-0.15, -0.1) is 0 Å². The summed E-state index contributed by atoms with van der Waals surface area (Å²) in [6, 6.07) is 20.4. The van der Waals surface area contributed by atoms with E-state index >= 15 is 0 Å². The lowest BCUT2D eigenvalue weighted by Crippen LogP contribution is -2.46. The Hall–Kier alpha value is -1.80. The Morgan fingerprint density at radius 3 is 1.84 bits per heavy atom. The Bertz CT molecular complexity index is 879. The Balaban J connectivity index is 1.52. The summed E-state index contributed by atoms with van der Waals surface area (Å²) in [5.74, 6) is 0. The SMILES string of the molecule is CCO[Si](CCCNCNCc1c2ccccc2cc2ccccc12)(OCC)OCC. The second-order valence-electron chi connectivity index (χ2n) is 7.49. The van der Waals surface area contributed by atoms with E-state index in [-0.39, 0.29) is 0 Å². The van der Waals surface area contributed by atoms with Crippen molar-refractivity contribution in [3.05, 3.63) is 60.2 Å². The van der Waals surface area contributed by atoms with Gasteiger partial charge < -0.3 is 23.9 Å². The van der Waals surface area contributed by atoms with Crippen LogP contribution in [0, 0.1) is 0 Å². The van der Waals surface area contributed by atoms with Gasteiger partial charge in [0.05, 0.1) is 0 Å². The molecule has 0 saturated carbocycles. The standard InChI is InChI=1S/C25H36N2O3Si/c1-4-28-31(29-5-2,30-6-3)17-11-16-26-20-27-19-25-23-14-9-7-12-21(23)18-22-13-8-10-15-24(22)25/h7-10,12-15,18,26-27H,4-6,11,16-17,19-20H2,1-3H3. The third-order valence-electron chi connectivity index (χ3n) is 5.36. The van der Waals surface area contributed by atoms with Crippen LogP contribution in [0.5, 0.6) is 0 Å². The van der Waals surface area contributed by atoms with Gasteiger partial charge in [-0.1, -0.05) is 48.5 Å². The van der Waals surface area contributed by atoms with Gasteiger partial charge in [0, 0.05) is 39.1 Å². The van der Waals surface area contributed by atoms with E-state index in [1.54, 1.807) is 0 Å². The molecular formula is C25H36N2O3Si. The third-order valence-corrected chi connectivity index (χ3v) is 8.52. The minimum Gasteiger partial charge on any atom is -0.374 e. The van der Waals surface area contributed by atoms with Crippen molar-refractivity contribution in [2.45, 2.75) is 39.8 Å². The maximum atomic E-state index is 5.93. The Morgan fingerprint density at radius 1 is 0.742 bits per heavy atom. The van der Waals surface area contributed by atoms with Crippen molar-refractivity contribution >= 4 is 30.3 Å². The fourth-order valence-corrected chi connectivity index (χ4v) is 6.71. The molecule has 3 aromatic carbocycles. The summed E-state index contributed by atoms with van der Waals surface area (Å²) >= 11 is 0. The van der Waals surface area contributed by atoms with Crippen molar-refractivity contribution in [3.8, 4) is 0 Å². The zero-order valence-corrected chi connectivity index (χ0v) is 20.1. The largest absolute Gasteiger partial charge is 0.500 e. The van der Waals surface area contributed by atoms with E-state index in [0.717, 1.165) is 32.2 Å². The quantitative estimate of drug-likeness (QED) is 0.159. The normalized spacial score (nSPS) is 12.1. The van der Waals surface area contributed by atoms with Crippen molar-refractivity contribution in [2.75, 3.05) is 33.0 Å². The molecule has 0 unspecified atom stereocenters. The zero-order chi connectivity index (χ0) is 21.9. The molecule has 168 valence electrons. The van der Waals surface area contributed by atoms with Gasteiger partial charge in [0.25, 0.3) is 0 Å². The Morgan fingerprint density at radius 2 is 1.29 bits per heavy atom. The molecule has 0 radical (unpaired) electrons. The molecule has 6 heteroatoms. The number of nitrogens with one attached hydrogen (secondary N) is 2. The number of benzene rings is 3. The highest BCUT2D eigenvalue weighted by atomic mass is 28.4. The van der Waals surface area contributed by atoms with Gasteiger partial charge in [0.15, 0.2) is 0 Å². The molecule has 0 aliphatic rings. The summed E-state index contributed by atoms with van der Waals surface area (Å²) < 4.78 is 17.8. The number of fused-ring (bicyclic) bond motifs is 2. The van der Waals surface area contributed by atoms with Crippen LogP contribution in [-0.4, -0.2) is 41.8 Å². The lowest BCUT2D eigenvalue weighted by Gasteiger charge is -2.28. The van der Waals surface area contributed by atoms with Crippen molar-refractivity contribution in [1.29, 1.82) is 0 Å². The fourth-order valence-electron chi connectivity index (χ4n) is 4.09. The minimum absolute atomic E-state index is 0.625. The average Bonchev–Trinajstić information content (AvgIpc) is 2.78. The summed E-state index contributed by atoms with van der Waals surface area (Å²) in [5.41, 5.74) is 1.35. The molecular weight excluding hydrogens is 404 g/mol. The molecule has 3 aromatic rings. The average molecular weight is 441 g/mol. The van der Waals surface area contributed by atoms with Gasteiger partial charge in [-0.25, -0.2) is 0 Å². The van der Waals surface area contributed by atoms with Crippen LogP contribution in [-0.2, 0) is 19.8 Å². The first-order chi connectivity index (χ1) is 15.2. The number of hydrogen-bond donors (Lipinski definition) is 2. The number of hydrogen-bond acceptors (Lipinski definition) is 5. The molecule has 5 nitrogen and oxygen atoms in total. The van der Waals surface area contributed by atoms with Gasteiger partial charge in [-0.05, 0) is 66.9 Å². The van der Waals surface area contributed by atoms with Crippen molar-refractivity contribution in [2.24, 2.45) is 0 Å². The van der Waals surface area contributed by atoms with Crippen LogP contribution in [0.1, 0.15) is 32.8 Å². The molecule has 3 rings (SSSR count). The van der Waals surface area contributed by atoms with E-state index in [9.17, 15) is 0 Å². The van der Waals surface area contributed by atoms with E-state index in [1.807, 2.05) is 20.8 Å². The van der Waals surface area contributed by atoms with Crippen LogP contribution < -0.4 is 10.6 Å². The van der Waals surface area contributed by atoms with Gasteiger partial charge in [0.2, 0.25) is 0 Å². The van der Waals surface area contributed by atoms with Crippen LogP contribution in [0.4, 0.5) is 0 Å². The van der Waals surface area contributed by atoms with E-state index in [4.69, 9.17) is 13.3 Å². The predicted octanol–water partition coefficient (Wildman–Crippen LogP) is 5.07. The van der Waals surface area contributed by atoms with Crippen LogP contribution in [0.15, 0.2) is 54.6 Å². The lowest BCUT2D eigenvalue weighted by molar-refractivity contribution is 0.0708. The molecule has 0 atom stereocenters. The Labute approximate surface area is 187 Å². The molecule has 0 aliphatic heterocycles. The minimum atomic E-state index is -2.54. The van der Waals surface area contributed by atoms with Crippen molar-refractivity contribution < 1.29 is 13.3 Å². The summed E-state index contributed by atoms with van der Waals surface area (Å²) in [5, 5.41) is 12.3. The molecule has 0 aromatic heterocycles. The van der Waals surface area contributed by atoms with E-state index in [2.05, 4.69) is 65.2 Å². The van der Waals surface area contributed by atoms with Crippen LogP contribution in [0.3, 0.4) is 0 Å². The van der Waals surface area contributed by atoms with Crippen LogP contribution in [0.25, 0.3) is 21.5 Å². The molecule has 31 heavy (non-hydrogen) atoms. The van der Waals surface area contributed by atoms with Crippen molar-refractivity contribution in [1.82, 2.24) is 10.6 Å². The highest BCUT2D eigenvalue weighted by Gasteiger charge is 2.39. The topological polar surface area (TPSA) is 51.8 Å². The number of rotatable bonds is 14. The second kappa shape index (κ2) is 12.3. The fraction of sp³-hybridized carbons (Fsp3) is 0.440. The zero-order valence-electron chi connectivity index (χ0n) is 19.1. The van der Waals surface area contributed by atoms with Gasteiger partial charge in [-0.3, -0.25) is 0 Å². The molecule has 0 bridgehead atoms. The molecule has 0 aliphatic carbocycles. The van der Waals surface area contributed by atoms with Crippen LogP contribution in [0.2, 0.25) is 6.04 Å². The molecule has 0 fully saturated rings. The third kappa shape index (κ3) is 6.35. The predicted molar refractivity (Wildman–Crippen MR) is 131 cm³/mol. The second-order valence-corrected chi connectivity index (χ2v) is 10.2. The maximum Gasteiger partial charge on any atom is 0.500 e. The van der Waals surface area contributed by atoms with Gasteiger partial charge in [-0.2, -0.15) is 0 Å². The van der Waals surface area contributed by atoms with Gasteiger partial charge in [0.1, 0.15) is 0 Å². The summed E-state index contributed by atoms with van der Waals surface area (Å²) in [4.78, 5) is 0. The van der Waals surface area contributed by atoms with E-state index in [0.29, 0.717) is 19.8 Å². The summed E-state index contributed by atoms with van der Waals surface area (Å²) in [7, 11) is -2.54. The molecule has 0 heterocycles. The highest BCUT2D eigenvalue weighted by Crippen LogP contribution is 2.28. The smallest absolute Gasteiger partial charge is 0.374 e. The molecule has 0 amide bonds. The first kappa shape index (κ1) is 23.9. The van der Waals surface area contributed by atoms with E-state index in [1.165, 1.54) is 27.1 Å². The summed E-state index contributed by atoms with van der Waals surface area (Å²) in [6.07, 6.45) is 0.963. The maximum absolute atomic E-state index is 5.93. The molecule has 0 spiro atoms. The highest BCUT2D eigenvalue weighted by molar-refractivity contribution is 6.60. The summed E-state index contributed by atoms with van der Waals surface area (Å²) in [6.45, 7) is 10.3. The van der Waals surface area contributed by atoms with Crippen molar-refractivity contribution in [3.63, 3.8) is 0 Å². The van der Waals surface area contributed by atoms with E-state index < -0.39 is 8.80 Å². The first-order valence-electron chi connectivity index (χ1n) is 11.5. The molecule has 0 saturated heterocycles. The monoisotopic (exact) mass is 440 g/mol. The Kier molecular flexibility index (Phi) is 9.46. The molecule has 2 N–H and O–H groups in total. The first-order valence-corrected chi connectivity index (χ1v) is 13.4. The van der Waals surface area contributed by atoms with Crippen LogP contribution >= 0.6 is 0 Å². The van der Waals surface area contributed by atoms with Gasteiger partial charge >= 0.3 is 8.80 Å². The lowest BCUT2D eigenvalue weighted by atomic mass is 9.97.